The van der Waals surface area contributed by atoms with Crippen molar-refractivity contribution in [3.05, 3.63) is 34.5 Å². The zero-order valence-electron chi connectivity index (χ0n) is 15.7. The van der Waals surface area contributed by atoms with Gasteiger partial charge in [-0.15, -0.1) is 35.3 Å². The largest absolute Gasteiger partial charge is 0.357 e. The summed E-state index contributed by atoms with van der Waals surface area (Å²) in [5.41, 5.74) is 0.0625. The number of nitrogens with zero attached hydrogens (tertiary/aromatic N) is 4. The first-order valence-corrected chi connectivity index (χ1v) is 9.90. The molecule has 144 valence electrons. The molecular formula is C18H29IN6S. The van der Waals surface area contributed by atoms with Gasteiger partial charge in [0.25, 0.3) is 0 Å². The lowest BCUT2D eigenvalue weighted by atomic mass is 9.92. The second kappa shape index (κ2) is 9.68. The lowest BCUT2D eigenvalue weighted by Gasteiger charge is -2.34. The molecule has 0 atom stereocenters. The van der Waals surface area contributed by atoms with Crippen molar-refractivity contribution >= 4 is 41.3 Å². The molecule has 0 spiro atoms. The first kappa shape index (κ1) is 21.1. The number of piperidine rings is 1. The average molecular weight is 488 g/mol. The molecule has 26 heavy (non-hydrogen) atoms. The van der Waals surface area contributed by atoms with Gasteiger partial charge in [0, 0.05) is 35.8 Å². The van der Waals surface area contributed by atoms with Gasteiger partial charge >= 0.3 is 0 Å². The number of hydrogen-bond acceptors (Lipinski definition) is 4. The van der Waals surface area contributed by atoms with Gasteiger partial charge in [-0.2, -0.15) is 5.10 Å². The molecular weight excluding hydrogens is 459 g/mol. The molecule has 2 N–H and O–H groups in total. The van der Waals surface area contributed by atoms with E-state index >= 15 is 0 Å². The second-order valence-corrected chi connectivity index (χ2v) is 8.11. The van der Waals surface area contributed by atoms with Crippen LogP contribution in [0.4, 0.5) is 0 Å². The van der Waals surface area contributed by atoms with E-state index in [0.717, 1.165) is 50.8 Å². The van der Waals surface area contributed by atoms with Gasteiger partial charge in [0.2, 0.25) is 0 Å². The lowest BCUT2D eigenvalue weighted by molar-refractivity contribution is 0.298. The van der Waals surface area contributed by atoms with Crippen LogP contribution < -0.4 is 5.32 Å². The fourth-order valence-electron chi connectivity index (χ4n) is 3.22. The van der Waals surface area contributed by atoms with E-state index in [1.807, 2.05) is 11.3 Å². The van der Waals surface area contributed by atoms with E-state index in [2.05, 4.69) is 63.7 Å². The second-order valence-electron chi connectivity index (χ2n) is 7.16. The monoisotopic (exact) mass is 488 g/mol. The van der Waals surface area contributed by atoms with Gasteiger partial charge in [0.05, 0.1) is 6.54 Å². The van der Waals surface area contributed by atoms with E-state index in [9.17, 15) is 0 Å². The minimum atomic E-state index is 0. The zero-order chi connectivity index (χ0) is 17.7. The third kappa shape index (κ3) is 5.18. The predicted molar refractivity (Wildman–Crippen MR) is 119 cm³/mol. The highest BCUT2D eigenvalue weighted by Crippen LogP contribution is 2.28. The van der Waals surface area contributed by atoms with Crippen LogP contribution in [0.2, 0.25) is 0 Å². The van der Waals surface area contributed by atoms with Gasteiger partial charge in [0.1, 0.15) is 12.2 Å². The first-order valence-electron chi connectivity index (χ1n) is 9.02. The van der Waals surface area contributed by atoms with Crippen molar-refractivity contribution in [1.82, 2.24) is 25.4 Å². The van der Waals surface area contributed by atoms with Crippen molar-refractivity contribution in [2.45, 2.75) is 44.9 Å². The number of thiophene rings is 1. The normalized spacial score (nSPS) is 16.4. The summed E-state index contributed by atoms with van der Waals surface area (Å²) < 4.78 is 0. The Morgan fingerprint density at radius 3 is 2.77 bits per heavy atom. The Kier molecular flexibility index (Phi) is 7.87. The number of guanidine groups is 1. The van der Waals surface area contributed by atoms with Crippen LogP contribution in [0, 0.1) is 0 Å². The molecule has 3 heterocycles. The van der Waals surface area contributed by atoms with E-state index in [4.69, 9.17) is 4.99 Å². The number of H-pyrrole nitrogens is 1. The number of aliphatic imine (C=N–C) groups is 1. The molecule has 0 amide bonds. The molecule has 2 aromatic heterocycles. The Balaban J connectivity index is 0.00000243. The van der Waals surface area contributed by atoms with Crippen LogP contribution in [-0.4, -0.2) is 52.2 Å². The summed E-state index contributed by atoms with van der Waals surface area (Å²) >= 11 is 1.81. The molecule has 3 rings (SSSR count). The highest BCUT2D eigenvalue weighted by Gasteiger charge is 2.26. The van der Waals surface area contributed by atoms with Gasteiger partial charge in [-0.1, -0.05) is 19.9 Å². The molecule has 0 aromatic carbocycles. The standard InChI is InChI=1S/C18H28N6S.HI/c1-4-19-17(20-12-18(2,3)15-6-5-11-25-15)24-9-7-14(8-10-24)16-21-13-22-23-16;/h5-6,11,13-14H,4,7-10,12H2,1-3H3,(H,19,20)(H,21,22,23);1H. The average Bonchev–Trinajstić information content (AvgIpc) is 3.32. The number of likely N-dealkylation sites (tertiary alicyclic amines) is 1. The number of rotatable bonds is 5. The lowest BCUT2D eigenvalue weighted by Crippen LogP contribution is -2.46. The highest BCUT2D eigenvalue weighted by atomic mass is 127. The van der Waals surface area contributed by atoms with Crippen molar-refractivity contribution < 1.29 is 0 Å². The van der Waals surface area contributed by atoms with E-state index in [1.54, 1.807) is 6.33 Å². The van der Waals surface area contributed by atoms with Crippen LogP contribution in [0.25, 0.3) is 0 Å². The molecule has 6 nitrogen and oxygen atoms in total. The molecule has 0 saturated carbocycles. The third-order valence-electron chi connectivity index (χ3n) is 4.76. The quantitative estimate of drug-likeness (QED) is 0.384. The Morgan fingerprint density at radius 1 is 1.42 bits per heavy atom. The Morgan fingerprint density at radius 2 is 2.19 bits per heavy atom. The molecule has 0 unspecified atom stereocenters. The van der Waals surface area contributed by atoms with Crippen LogP contribution >= 0.6 is 35.3 Å². The maximum Gasteiger partial charge on any atom is 0.193 e. The Hall–Kier alpha value is -1.16. The number of hydrogen-bond donors (Lipinski definition) is 2. The molecule has 0 bridgehead atoms. The van der Waals surface area contributed by atoms with Crippen LogP contribution in [0.3, 0.4) is 0 Å². The van der Waals surface area contributed by atoms with Crippen LogP contribution in [0.1, 0.15) is 50.2 Å². The van der Waals surface area contributed by atoms with E-state index in [-0.39, 0.29) is 29.4 Å². The summed E-state index contributed by atoms with van der Waals surface area (Å²) in [4.78, 5) is 13.0. The number of halogens is 1. The first-order chi connectivity index (χ1) is 12.1. The molecule has 0 radical (unpaired) electrons. The van der Waals surface area contributed by atoms with Crippen LogP contribution in [0.15, 0.2) is 28.8 Å². The minimum absolute atomic E-state index is 0. The van der Waals surface area contributed by atoms with Crippen molar-refractivity contribution in [2.24, 2.45) is 4.99 Å². The van der Waals surface area contributed by atoms with Crippen molar-refractivity contribution in [3.63, 3.8) is 0 Å². The molecule has 2 aromatic rings. The molecule has 1 aliphatic rings. The van der Waals surface area contributed by atoms with Gasteiger partial charge in [0.15, 0.2) is 5.96 Å². The van der Waals surface area contributed by atoms with Crippen LogP contribution in [-0.2, 0) is 5.41 Å². The van der Waals surface area contributed by atoms with E-state index in [1.165, 1.54) is 4.88 Å². The maximum absolute atomic E-state index is 4.95. The number of aromatic nitrogens is 3. The van der Waals surface area contributed by atoms with E-state index in [0.29, 0.717) is 5.92 Å². The van der Waals surface area contributed by atoms with E-state index < -0.39 is 0 Å². The molecule has 1 saturated heterocycles. The molecule has 1 aliphatic heterocycles. The summed E-state index contributed by atoms with van der Waals surface area (Å²) in [6.07, 6.45) is 3.75. The van der Waals surface area contributed by atoms with Crippen LogP contribution in [0.5, 0.6) is 0 Å². The SMILES string of the molecule is CCNC(=NCC(C)(C)c1cccs1)N1CCC(c2ncn[nH]2)CC1.I. The Labute approximate surface area is 176 Å². The molecule has 0 aliphatic carbocycles. The Bertz CT molecular complexity index is 660. The summed E-state index contributed by atoms with van der Waals surface area (Å²) in [5, 5.41) is 12.6. The van der Waals surface area contributed by atoms with Crippen molar-refractivity contribution in [3.8, 4) is 0 Å². The highest BCUT2D eigenvalue weighted by molar-refractivity contribution is 14.0. The predicted octanol–water partition coefficient (Wildman–Crippen LogP) is 3.61. The number of nitrogens with one attached hydrogen (secondary N) is 2. The number of aromatic amines is 1. The molecule has 8 heteroatoms. The van der Waals surface area contributed by atoms with Gasteiger partial charge in [-0.05, 0) is 31.2 Å². The summed E-state index contributed by atoms with van der Waals surface area (Å²) in [6.45, 7) is 10.3. The summed E-state index contributed by atoms with van der Waals surface area (Å²) in [7, 11) is 0. The van der Waals surface area contributed by atoms with Crippen molar-refractivity contribution in [2.75, 3.05) is 26.2 Å². The van der Waals surface area contributed by atoms with Gasteiger partial charge in [-0.25, -0.2) is 4.98 Å². The molecule has 1 fully saturated rings. The fourth-order valence-corrected chi connectivity index (χ4v) is 4.06. The van der Waals surface area contributed by atoms with Crippen molar-refractivity contribution in [1.29, 1.82) is 0 Å². The topological polar surface area (TPSA) is 69.2 Å². The van der Waals surface area contributed by atoms with Gasteiger partial charge in [-0.3, -0.25) is 10.1 Å². The fraction of sp³-hybridized carbons (Fsp3) is 0.611. The maximum atomic E-state index is 4.95. The minimum Gasteiger partial charge on any atom is -0.357 e. The zero-order valence-corrected chi connectivity index (χ0v) is 18.9. The smallest absolute Gasteiger partial charge is 0.193 e. The van der Waals surface area contributed by atoms with Gasteiger partial charge < -0.3 is 10.2 Å². The summed E-state index contributed by atoms with van der Waals surface area (Å²) in [6, 6.07) is 4.32. The summed E-state index contributed by atoms with van der Waals surface area (Å²) in [5.74, 6) is 2.52. The third-order valence-corrected chi connectivity index (χ3v) is 6.00.